The number of fused-ring (bicyclic) bond motifs is 1. The van der Waals surface area contributed by atoms with Crippen LogP contribution in [0.2, 0.25) is 0 Å². The highest BCUT2D eigenvalue weighted by molar-refractivity contribution is 7.16. The summed E-state index contributed by atoms with van der Waals surface area (Å²) in [6.07, 6.45) is 1.16. The van der Waals surface area contributed by atoms with Crippen molar-refractivity contribution < 1.29 is 0 Å². The highest BCUT2D eigenvalue weighted by atomic mass is 32.1. The van der Waals surface area contributed by atoms with E-state index in [1.807, 2.05) is 0 Å². The first-order chi connectivity index (χ1) is 9.52. The molecule has 0 aromatic carbocycles. The van der Waals surface area contributed by atoms with E-state index in [1.165, 1.54) is 0 Å². The van der Waals surface area contributed by atoms with Crippen LogP contribution in [-0.4, -0.2) is 29.6 Å². The molecule has 2 aromatic rings. The maximum Gasteiger partial charge on any atom is 0.226 e. The maximum absolute atomic E-state index is 4.70. The lowest BCUT2D eigenvalue weighted by atomic mass is 10.0. The minimum absolute atomic E-state index is 0.461. The second kappa shape index (κ2) is 6.39. The predicted octanol–water partition coefficient (Wildman–Crippen LogP) is 3.99. The number of hydrogen-bond acceptors (Lipinski definition) is 5. The lowest BCUT2D eigenvalue weighted by Crippen LogP contribution is -2.31. The lowest BCUT2D eigenvalue weighted by molar-refractivity contribution is 0.503. The minimum Gasteiger partial charge on any atom is -0.356 e. The van der Waals surface area contributed by atoms with Crippen molar-refractivity contribution in [1.82, 2.24) is 9.97 Å². The van der Waals surface area contributed by atoms with Gasteiger partial charge < -0.3 is 10.2 Å². The molecular formula is C15H24N4S. The van der Waals surface area contributed by atoms with Crippen molar-refractivity contribution >= 4 is 33.3 Å². The number of anilines is 2. The number of nitrogens with one attached hydrogen (secondary N) is 1. The van der Waals surface area contributed by atoms with Gasteiger partial charge in [-0.3, -0.25) is 0 Å². The van der Waals surface area contributed by atoms with E-state index >= 15 is 0 Å². The molecule has 0 amide bonds. The van der Waals surface area contributed by atoms with Gasteiger partial charge in [0.05, 0.1) is 5.39 Å². The fourth-order valence-electron chi connectivity index (χ4n) is 2.39. The van der Waals surface area contributed by atoms with Crippen molar-refractivity contribution in [2.75, 3.05) is 23.8 Å². The molecule has 20 heavy (non-hydrogen) atoms. The molecule has 0 fully saturated rings. The highest BCUT2D eigenvalue weighted by Crippen LogP contribution is 2.30. The molecule has 110 valence electrons. The zero-order valence-electron chi connectivity index (χ0n) is 13.0. The Labute approximate surface area is 125 Å². The lowest BCUT2D eigenvalue weighted by Gasteiger charge is -2.28. The van der Waals surface area contributed by atoms with E-state index in [9.17, 15) is 0 Å². The summed E-state index contributed by atoms with van der Waals surface area (Å²) in [4.78, 5) is 12.6. The van der Waals surface area contributed by atoms with Gasteiger partial charge in [0.25, 0.3) is 0 Å². The molecule has 1 atom stereocenters. The summed E-state index contributed by atoms with van der Waals surface area (Å²) >= 11 is 1.67. The summed E-state index contributed by atoms with van der Waals surface area (Å²) in [5.41, 5.74) is 0. The third-order valence-corrected chi connectivity index (χ3v) is 4.25. The van der Waals surface area contributed by atoms with E-state index < -0.39 is 0 Å². The molecule has 0 bridgehead atoms. The molecular weight excluding hydrogens is 268 g/mol. The Bertz CT molecular complexity index is 564. The van der Waals surface area contributed by atoms with Gasteiger partial charge in [-0.05, 0) is 37.6 Å². The molecule has 0 radical (unpaired) electrons. The Morgan fingerprint density at radius 2 is 2.05 bits per heavy atom. The van der Waals surface area contributed by atoms with E-state index in [-0.39, 0.29) is 0 Å². The monoisotopic (exact) mass is 292 g/mol. The Balaban J connectivity index is 2.37. The van der Waals surface area contributed by atoms with E-state index in [0.717, 1.165) is 34.9 Å². The normalized spacial score (nSPS) is 12.9. The molecule has 0 aliphatic carbocycles. The Kier molecular flexibility index (Phi) is 4.81. The molecule has 0 aliphatic heterocycles. The van der Waals surface area contributed by atoms with Gasteiger partial charge in [-0.1, -0.05) is 13.8 Å². The maximum atomic E-state index is 4.70. The van der Waals surface area contributed by atoms with Gasteiger partial charge in [-0.15, -0.1) is 11.3 Å². The van der Waals surface area contributed by atoms with Crippen LogP contribution >= 0.6 is 11.3 Å². The van der Waals surface area contributed by atoms with E-state index in [0.29, 0.717) is 12.0 Å². The van der Waals surface area contributed by atoms with Crippen molar-refractivity contribution in [2.24, 2.45) is 5.92 Å². The van der Waals surface area contributed by atoms with Gasteiger partial charge in [0.15, 0.2) is 0 Å². The van der Waals surface area contributed by atoms with Crippen molar-refractivity contribution in [1.29, 1.82) is 0 Å². The molecule has 5 heteroatoms. The first-order valence-corrected chi connectivity index (χ1v) is 8.12. The number of nitrogens with zero attached hydrogens (tertiary/aromatic N) is 3. The van der Waals surface area contributed by atoms with Gasteiger partial charge >= 0.3 is 0 Å². The SMILES string of the molecule is CCNc1nc(N(C)C(C)CC(C)C)c2ccsc2n1. The first kappa shape index (κ1) is 15.0. The van der Waals surface area contributed by atoms with Crippen LogP contribution in [0.4, 0.5) is 11.8 Å². The molecule has 0 spiro atoms. The zero-order chi connectivity index (χ0) is 14.7. The largest absolute Gasteiger partial charge is 0.356 e. The molecule has 0 saturated heterocycles. The van der Waals surface area contributed by atoms with E-state index in [4.69, 9.17) is 4.98 Å². The average Bonchev–Trinajstić information content (AvgIpc) is 2.84. The summed E-state index contributed by atoms with van der Waals surface area (Å²) in [7, 11) is 2.13. The Morgan fingerprint density at radius 1 is 1.30 bits per heavy atom. The topological polar surface area (TPSA) is 41.1 Å². The van der Waals surface area contributed by atoms with Crippen LogP contribution in [0.1, 0.15) is 34.1 Å². The summed E-state index contributed by atoms with van der Waals surface area (Å²) < 4.78 is 0. The van der Waals surface area contributed by atoms with Crippen molar-refractivity contribution in [3.63, 3.8) is 0 Å². The Morgan fingerprint density at radius 3 is 2.70 bits per heavy atom. The molecule has 2 rings (SSSR count). The van der Waals surface area contributed by atoms with Crippen LogP contribution in [0.15, 0.2) is 11.4 Å². The molecule has 1 unspecified atom stereocenters. The fraction of sp³-hybridized carbons (Fsp3) is 0.600. The molecule has 4 nitrogen and oxygen atoms in total. The van der Waals surface area contributed by atoms with Gasteiger partial charge in [0.2, 0.25) is 5.95 Å². The van der Waals surface area contributed by atoms with Gasteiger partial charge in [-0.2, -0.15) is 4.98 Å². The van der Waals surface area contributed by atoms with E-state index in [1.54, 1.807) is 11.3 Å². The summed E-state index contributed by atoms with van der Waals surface area (Å²) in [6, 6.07) is 2.58. The minimum atomic E-state index is 0.461. The second-order valence-electron chi connectivity index (χ2n) is 5.63. The van der Waals surface area contributed by atoms with Gasteiger partial charge in [0, 0.05) is 19.6 Å². The zero-order valence-corrected chi connectivity index (χ0v) is 13.8. The molecule has 2 aromatic heterocycles. The third kappa shape index (κ3) is 3.20. The second-order valence-corrected chi connectivity index (χ2v) is 6.52. The fourth-order valence-corrected chi connectivity index (χ4v) is 3.15. The quantitative estimate of drug-likeness (QED) is 0.874. The Hall–Kier alpha value is -1.36. The van der Waals surface area contributed by atoms with Crippen LogP contribution in [0, 0.1) is 5.92 Å². The molecule has 0 saturated carbocycles. The summed E-state index contributed by atoms with van der Waals surface area (Å²) in [5.74, 6) is 2.43. The van der Waals surface area contributed by atoms with Crippen molar-refractivity contribution in [3.05, 3.63) is 11.4 Å². The van der Waals surface area contributed by atoms with Crippen LogP contribution < -0.4 is 10.2 Å². The number of aromatic nitrogens is 2. The number of thiophene rings is 1. The van der Waals surface area contributed by atoms with Crippen LogP contribution in [0.5, 0.6) is 0 Å². The summed E-state index contributed by atoms with van der Waals surface area (Å²) in [6.45, 7) is 9.67. The standard InChI is InChI=1S/C15H24N4S/c1-6-16-15-17-13(12-7-8-20-14(12)18-15)19(5)11(4)9-10(2)3/h7-8,10-11H,6,9H2,1-5H3,(H,16,17,18). The van der Waals surface area contributed by atoms with Crippen LogP contribution in [0.3, 0.4) is 0 Å². The number of rotatable bonds is 6. The smallest absolute Gasteiger partial charge is 0.226 e. The highest BCUT2D eigenvalue weighted by Gasteiger charge is 2.17. The summed E-state index contributed by atoms with van der Waals surface area (Å²) in [5, 5.41) is 6.45. The van der Waals surface area contributed by atoms with Gasteiger partial charge in [0.1, 0.15) is 10.6 Å². The predicted molar refractivity (Wildman–Crippen MR) is 88.9 cm³/mol. The van der Waals surface area contributed by atoms with Crippen LogP contribution in [-0.2, 0) is 0 Å². The van der Waals surface area contributed by atoms with Crippen LogP contribution in [0.25, 0.3) is 10.2 Å². The average molecular weight is 292 g/mol. The van der Waals surface area contributed by atoms with Crippen molar-refractivity contribution in [2.45, 2.75) is 40.2 Å². The van der Waals surface area contributed by atoms with Crippen molar-refractivity contribution in [3.8, 4) is 0 Å². The van der Waals surface area contributed by atoms with Gasteiger partial charge in [-0.25, -0.2) is 4.98 Å². The van der Waals surface area contributed by atoms with E-state index in [2.05, 4.69) is 61.4 Å². The number of hydrogen-bond donors (Lipinski definition) is 1. The molecule has 0 aliphatic rings. The third-order valence-electron chi connectivity index (χ3n) is 3.45. The molecule has 2 heterocycles. The molecule has 1 N–H and O–H groups in total. The first-order valence-electron chi connectivity index (χ1n) is 7.24.